The van der Waals surface area contributed by atoms with E-state index in [4.69, 9.17) is 11.6 Å². The Labute approximate surface area is 125 Å². The monoisotopic (exact) mass is 289 g/mol. The van der Waals surface area contributed by atoms with Crippen LogP contribution >= 0.6 is 11.6 Å². The quantitative estimate of drug-likeness (QED) is 0.861. The van der Waals surface area contributed by atoms with Crippen molar-refractivity contribution in [3.05, 3.63) is 53.3 Å². The van der Waals surface area contributed by atoms with E-state index in [0.717, 1.165) is 43.4 Å². The molecule has 20 heavy (non-hydrogen) atoms. The molecule has 3 nitrogen and oxygen atoms in total. The lowest BCUT2D eigenvalue weighted by Gasteiger charge is -2.36. The van der Waals surface area contributed by atoms with Crippen molar-refractivity contribution in [2.24, 2.45) is 7.05 Å². The van der Waals surface area contributed by atoms with Crippen LogP contribution in [-0.4, -0.2) is 35.6 Å². The summed E-state index contributed by atoms with van der Waals surface area (Å²) in [5.41, 5.74) is 2.53. The molecule has 0 bridgehead atoms. The average molecular weight is 290 g/mol. The number of rotatable bonds is 3. The van der Waals surface area contributed by atoms with Crippen LogP contribution in [0.15, 0.2) is 42.6 Å². The van der Waals surface area contributed by atoms with Crippen molar-refractivity contribution >= 4 is 17.3 Å². The molecule has 1 aliphatic heterocycles. The molecule has 1 aromatic heterocycles. The predicted octanol–water partition coefficient (Wildman–Crippen LogP) is 3.00. The molecule has 4 heteroatoms. The van der Waals surface area contributed by atoms with E-state index >= 15 is 0 Å². The van der Waals surface area contributed by atoms with Crippen molar-refractivity contribution < 1.29 is 0 Å². The summed E-state index contributed by atoms with van der Waals surface area (Å²) >= 11 is 6.27. The van der Waals surface area contributed by atoms with E-state index in [1.54, 1.807) is 0 Å². The molecule has 2 aromatic rings. The number of piperazine rings is 1. The zero-order chi connectivity index (χ0) is 13.9. The highest BCUT2D eigenvalue weighted by atomic mass is 35.5. The minimum atomic E-state index is 0.850. The number of hydrogen-bond acceptors (Lipinski definition) is 2. The van der Waals surface area contributed by atoms with Gasteiger partial charge in [-0.2, -0.15) is 0 Å². The van der Waals surface area contributed by atoms with Gasteiger partial charge in [-0.05, 0) is 24.3 Å². The van der Waals surface area contributed by atoms with Crippen molar-refractivity contribution in [1.29, 1.82) is 0 Å². The average Bonchev–Trinajstić information content (AvgIpc) is 2.86. The predicted molar refractivity (Wildman–Crippen MR) is 84.4 cm³/mol. The fraction of sp³-hybridized carbons (Fsp3) is 0.375. The molecule has 0 unspecified atom stereocenters. The zero-order valence-electron chi connectivity index (χ0n) is 11.8. The molecule has 3 rings (SSSR count). The lowest BCUT2D eigenvalue weighted by molar-refractivity contribution is 0.245. The van der Waals surface area contributed by atoms with Gasteiger partial charge in [-0.15, -0.1) is 0 Å². The van der Waals surface area contributed by atoms with E-state index in [0.29, 0.717) is 0 Å². The second-order valence-electron chi connectivity index (χ2n) is 5.33. The second kappa shape index (κ2) is 5.90. The summed E-state index contributed by atoms with van der Waals surface area (Å²) in [5, 5.41) is 0.850. The van der Waals surface area contributed by atoms with Crippen LogP contribution in [-0.2, 0) is 13.6 Å². The van der Waals surface area contributed by atoms with E-state index in [9.17, 15) is 0 Å². The van der Waals surface area contributed by atoms with Gasteiger partial charge in [-0.3, -0.25) is 4.90 Å². The first-order valence-electron chi connectivity index (χ1n) is 7.06. The molecule has 1 aromatic carbocycles. The highest BCUT2D eigenvalue weighted by molar-refractivity contribution is 6.33. The van der Waals surface area contributed by atoms with Crippen molar-refractivity contribution in [1.82, 2.24) is 9.47 Å². The number of para-hydroxylation sites is 1. The normalized spacial score (nSPS) is 16.6. The van der Waals surface area contributed by atoms with E-state index in [2.05, 4.69) is 51.9 Å². The standard InChI is InChI=1S/C16H20ClN3/c1-18-8-4-5-14(18)13-19-9-11-20(12-10-19)16-7-3-2-6-15(16)17/h2-8H,9-13H2,1H3. The Morgan fingerprint density at radius 2 is 1.75 bits per heavy atom. The van der Waals surface area contributed by atoms with Crippen LogP contribution in [0, 0.1) is 0 Å². The van der Waals surface area contributed by atoms with E-state index in [1.807, 2.05) is 12.1 Å². The topological polar surface area (TPSA) is 11.4 Å². The summed E-state index contributed by atoms with van der Waals surface area (Å²) < 4.78 is 2.19. The molecule has 0 aliphatic carbocycles. The van der Waals surface area contributed by atoms with Crippen molar-refractivity contribution in [3.8, 4) is 0 Å². The molecule has 1 fully saturated rings. The number of nitrogens with zero attached hydrogens (tertiary/aromatic N) is 3. The minimum absolute atomic E-state index is 0.850. The van der Waals surface area contributed by atoms with E-state index in [-0.39, 0.29) is 0 Å². The Bertz CT molecular complexity index is 571. The summed E-state index contributed by atoms with van der Waals surface area (Å²) in [6, 6.07) is 12.4. The van der Waals surface area contributed by atoms with Crippen LogP contribution in [0.2, 0.25) is 5.02 Å². The first-order chi connectivity index (χ1) is 9.74. The fourth-order valence-corrected chi connectivity index (χ4v) is 3.00. The molecular weight excluding hydrogens is 270 g/mol. The van der Waals surface area contributed by atoms with Gasteiger partial charge in [0.05, 0.1) is 10.7 Å². The van der Waals surface area contributed by atoms with Gasteiger partial charge in [-0.1, -0.05) is 23.7 Å². The first-order valence-corrected chi connectivity index (χ1v) is 7.44. The Kier molecular flexibility index (Phi) is 3.99. The third-order valence-corrected chi connectivity index (χ3v) is 4.32. The Hall–Kier alpha value is -1.45. The molecule has 1 aliphatic rings. The molecular formula is C16H20ClN3. The number of aryl methyl sites for hydroxylation is 1. The molecule has 106 valence electrons. The molecule has 0 atom stereocenters. The van der Waals surface area contributed by atoms with Gasteiger partial charge in [0.1, 0.15) is 0 Å². The maximum absolute atomic E-state index is 6.27. The van der Waals surface area contributed by atoms with Gasteiger partial charge in [-0.25, -0.2) is 0 Å². The summed E-state index contributed by atoms with van der Waals surface area (Å²) in [4.78, 5) is 4.88. The second-order valence-corrected chi connectivity index (χ2v) is 5.73. The zero-order valence-corrected chi connectivity index (χ0v) is 12.6. The molecule has 0 spiro atoms. The van der Waals surface area contributed by atoms with Crippen LogP contribution in [0.4, 0.5) is 5.69 Å². The van der Waals surface area contributed by atoms with Gasteiger partial charge >= 0.3 is 0 Å². The summed E-state index contributed by atoms with van der Waals surface area (Å²) in [7, 11) is 2.11. The third-order valence-electron chi connectivity index (χ3n) is 4.00. The summed E-state index contributed by atoms with van der Waals surface area (Å²) in [5.74, 6) is 0. The maximum Gasteiger partial charge on any atom is 0.0639 e. The van der Waals surface area contributed by atoms with Crippen LogP contribution < -0.4 is 4.90 Å². The van der Waals surface area contributed by atoms with Gasteiger partial charge in [0.2, 0.25) is 0 Å². The van der Waals surface area contributed by atoms with Crippen LogP contribution in [0.25, 0.3) is 0 Å². The van der Waals surface area contributed by atoms with E-state index < -0.39 is 0 Å². The lowest BCUT2D eigenvalue weighted by atomic mass is 10.2. The Morgan fingerprint density at radius 3 is 2.40 bits per heavy atom. The Morgan fingerprint density at radius 1 is 1.00 bits per heavy atom. The molecule has 0 N–H and O–H groups in total. The van der Waals surface area contributed by atoms with E-state index in [1.165, 1.54) is 5.69 Å². The number of halogens is 1. The number of aromatic nitrogens is 1. The fourth-order valence-electron chi connectivity index (χ4n) is 2.74. The highest BCUT2D eigenvalue weighted by Gasteiger charge is 2.19. The van der Waals surface area contributed by atoms with Gasteiger partial charge in [0, 0.05) is 51.7 Å². The number of hydrogen-bond donors (Lipinski definition) is 0. The summed E-state index contributed by atoms with van der Waals surface area (Å²) in [6.45, 7) is 5.26. The van der Waals surface area contributed by atoms with Crippen LogP contribution in [0.1, 0.15) is 5.69 Å². The van der Waals surface area contributed by atoms with Crippen molar-refractivity contribution in [2.75, 3.05) is 31.1 Å². The van der Waals surface area contributed by atoms with Gasteiger partial charge in [0.15, 0.2) is 0 Å². The maximum atomic E-state index is 6.27. The molecule has 0 saturated carbocycles. The Balaban J connectivity index is 1.60. The van der Waals surface area contributed by atoms with Crippen LogP contribution in [0.3, 0.4) is 0 Å². The molecule has 1 saturated heterocycles. The van der Waals surface area contributed by atoms with Crippen LogP contribution in [0.5, 0.6) is 0 Å². The largest absolute Gasteiger partial charge is 0.368 e. The summed E-state index contributed by atoms with van der Waals surface area (Å²) in [6.07, 6.45) is 2.11. The van der Waals surface area contributed by atoms with Gasteiger partial charge < -0.3 is 9.47 Å². The molecule has 0 amide bonds. The lowest BCUT2D eigenvalue weighted by Crippen LogP contribution is -2.46. The SMILES string of the molecule is Cn1cccc1CN1CCN(c2ccccc2Cl)CC1. The molecule has 2 heterocycles. The smallest absolute Gasteiger partial charge is 0.0639 e. The van der Waals surface area contributed by atoms with Gasteiger partial charge in [0.25, 0.3) is 0 Å². The first kappa shape index (κ1) is 13.5. The number of benzene rings is 1. The van der Waals surface area contributed by atoms with Crippen molar-refractivity contribution in [2.45, 2.75) is 6.54 Å². The highest BCUT2D eigenvalue weighted by Crippen LogP contribution is 2.26. The molecule has 0 radical (unpaired) electrons. The number of anilines is 1. The van der Waals surface area contributed by atoms with Crippen molar-refractivity contribution in [3.63, 3.8) is 0 Å². The minimum Gasteiger partial charge on any atom is -0.368 e. The third kappa shape index (κ3) is 2.84.